The Morgan fingerprint density at radius 3 is 2.81 bits per heavy atom. The number of rotatable bonds is 9. The van der Waals surface area contributed by atoms with Gasteiger partial charge in [-0.2, -0.15) is 0 Å². The molecular weight excluding hydrogens is 418 g/mol. The fraction of sp³-hybridized carbons (Fsp3) is 0.609. The second-order valence-corrected chi connectivity index (χ2v) is 8.80. The second kappa shape index (κ2) is 11.4. The number of hydrogen-bond donors (Lipinski definition) is 1. The van der Waals surface area contributed by atoms with Gasteiger partial charge in [-0.25, -0.2) is 0 Å². The zero-order valence-electron chi connectivity index (χ0n) is 18.2. The molecule has 1 aromatic rings. The Morgan fingerprint density at radius 1 is 1.23 bits per heavy atom. The summed E-state index contributed by atoms with van der Waals surface area (Å²) in [5.41, 5.74) is 0.567. The van der Waals surface area contributed by atoms with E-state index >= 15 is 0 Å². The summed E-state index contributed by atoms with van der Waals surface area (Å²) in [5, 5.41) is 3.41. The fourth-order valence-electron chi connectivity index (χ4n) is 4.37. The van der Waals surface area contributed by atoms with Crippen LogP contribution in [-0.4, -0.2) is 60.8 Å². The van der Waals surface area contributed by atoms with Crippen LogP contribution >= 0.6 is 11.6 Å². The van der Waals surface area contributed by atoms with Crippen molar-refractivity contribution in [1.29, 1.82) is 0 Å². The van der Waals surface area contributed by atoms with Crippen LogP contribution < -0.4 is 10.1 Å². The molecule has 1 unspecified atom stereocenters. The standard InChI is InChI=1S/C23H32ClN3O4/c1-31-20-10-9-18(24)15-19(20)25-21(28)11-8-17-5-2-14-27(16-17)23(30)7-4-13-26-12-3-6-22(26)29/h9-10,15,17H,2-8,11-14,16H2,1H3,(H,25,28). The molecule has 7 nitrogen and oxygen atoms in total. The van der Waals surface area contributed by atoms with Crippen molar-refractivity contribution < 1.29 is 19.1 Å². The maximum absolute atomic E-state index is 12.6. The lowest BCUT2D eigenvalue weighted by molar-refractivity contribution is -0.134. The summed E-state index contributed by atoms with van der Waals surface area (Å²) in [6.07, 6.45) is 5.88. The van der Waals surface area contributed by atoms with E-state index in [0.29, 0.717) is 54.7 Å². The molecule has 1 aromatic carbocycles. The van der Waals surface area contributed by atoms with Gasteiger partial charge in [-0.05, 0) is 56.2 Å². The van der Waals surface area contributed by atoms with Crippen LogP contribution in [-0.2, 0) is 14.4 Å². The van der Waals surface area contributed by atoms with E-state index in [2.05, 4.69) is 5.32 Å². The lowest BCUT2D eigenvalue weighted by atomic mass is 9.93. The van der Waals surface area contributed by atoms with Crippen molar-refractivity contribution in [3.8, 4) is 5.75 Å². The highest BCUT2D eigenvalue weighted by molar-refractivity contribution is 6.31. The first-order valence-corrected chi connectivity index (χ1v) is 11.5. The molecule has 1 N–H and O–H groups in total. The quantitative estimate of drug-likeness (QED) is 0.623. The number of likely N-dealkylation sites (tertiary alicyclic amines) is 2. The van der Waals surface area contributed by atoms with Crippen LogP contribution in [0.2, 0.25) is 5.02 Å². The van der Waals surface area contributed by atoms with E-state index < -0.39 is 0 Å². The number of carbonyl (C=O) groups is 3. The number of methoxy groups -OCH3 is 1. The molecule has 3 amide bonds. The highest BCUT2D eigenvalue weighted by atomic mass is 35.5. The van der Waals surface area contributed by atoms with Crippen molar-refractivity contribution in [2.75, 3.05) is 38.6 Å². The molecule has 2 fully saturated rings. The molecule has 2 aliphatic heterocycles. The van der Waals surface area contributed by atoms with Gasteiger partial charge >= 0.3 is 0 Å². The molecule has 31 heavy (non-hydrogen) atoms. The molecule has 2 heterocycles. The molecule has 0 aromatic heterocycles. The van der Waals surface area contributed by atoms with Crippen molar-refractivity contribution in [2.24, 2.45) is 5.92 Å². The van der Waals surface area contributed by atoms with Gasteiger partial charge in [0, 0.05) is 50.5 Å². The maximum Gasteiger partial charge on any atom is 0.224 e. The first-order chi connectivity index (χ1) is 15.0. The summed E-state index contributed by atoms with van der Waals surface area (Å²) in [7, 11) is 1.55. The minimum absolute atomic E-state index is 0.0840. The predicted molar refractivity (Wildman–Crippen MR) is 120 cm³/mol. The second-order valence-electron chi connectivity index (χ2n) is 8.37. The van der Waals surface area contributed by atoms with E-state index in [1.54, 1.807) is 25.3 Å². The predicted octanol–water partition coefficient (Wildman–Crippen LogP) is 3.71. The number of piperidine rings is 1. The number of benzene rings is 1. The van der Waals surface area contributed by atoms with Crippen LogP contribution in [0, 0.1) is 5.92 Å². The molecule has 0 bridgehead atoms. The van der Waals surface area contributed by atoms with Crippen LogP contribution in [0.5, 0.6) is 5.75 Å². The lowest BCUT2D eigenvalue weighted by Crippen LogP contribution is -2.40. The molecule has 170 valence electrons. The van der Waals surface area contributed by atoms with Crippen LogP contribution in [0.25, 0.3) is 0 Å². The molecule has 8 heteroatoms. The topological polar surface area (TPSA) is 79.0 Å². The Morgan fingerprint density at radius 2 is 2.06 bits per heavy atom. The van der Waals surface area contributed by atoms with Gasteiger partial charge in [0.15, 0.2) is 0 Å². The van der Waals surface area contributed by atoms with Gasteiger partial charge in [-0.3, -0.25) is 14.4 Å². The number of anilines is 1. The van der Waals surface area contributed by atoms with Crippen molar-refractivity contribution in [3.05, 3.63) is 23.2 Å². The van der Waals surface area contributed by atoms with Crippen LogP contribution in [0.15, 0.2) is 18.2 Å². The van der Waals surface area contributed by atoms with E-state index in [1.165, 1.54) is 0 Å². The maximum atomic E-state index is 12.6. The Hall–Kier alpha value is -2.28. The first-order valence-electron chi connectivity index (χ1n) is 11.1. The molecule has 0 aliphatic carbocycles. The lowest BCUT2D eigenvalue weighted by Gasteiger charge is -2.33. The number of carbonyl (C=O) groups excluding carboxylic acids is 3. The zero-order chi connectivity index (χ0) is 22.2. The minimum Gasteiger partial charge on any atom is -0.495 e. The summed E-state index contributed by atoms with van der Waals surface area (Å²) in [6, 6.07) is 5.11. The summed E-state index contributed by atoms with van der Waals surface area (Å²) in [4.78, 5) is 40.5. The number of amides is 3. The third kappa shape index (κ3) is 6.86. The number of hydrogen-bond acceptors (Lipinski definition) is 4. The molecule has 0 radical (unpaired) electrons. The fourth-order valence-corrected chi connectivity index (χ4v) is 4.54. The van der Waals surface area contributed by atoms with Crippen LogP contribution in [0.1, 0.15) is 51.4 Å². The summed E-state index contributed by atoms with van der Waals surface area (Å²) in [5.74, 6) is 1.18. The summed E-state index contributed by atoms with van der Waals surface area (Å²) in [6.45, 7) is 2.98. The van der Waals surface area contributed by atoms with Crippen molar-refractivity contribution in [2.45, 2.75) is 51.4 Å². The summed E-state index contributed by atoms with van der Waals surface area (Å²) >= 11 is 6.02. The average Bonchev–Trinajstić information content (AvgIpc) is 3.17. The third-order valence-corrected chi connectivity index (χ3v) is 6.31. The normalized spacial score (nSPS) is 18.9. The molecule has 3 rings (SSSR count). The molecule has 2 aliphatic rings. The number of halogens is 1. The van der Waals surface area contributed by atoms with Crippen molar-refractivity contribution in [3.63, 3.8) is 0 Å². The van der Waals surface area contributed by atoms with E-state index in [4.69, 9.17) is 16.3 Å². The molecule has 0 saturated carbocycles. The average molecular weight is 450 g/mol. The Balaban J connectivity index is 1.40. The zero-order valence-corrected chi connectivity index (χ0v) is 19.0. The van der Waals surface area contributed by atoms with Crippen molar-refractivity contribution in [1.82, 2.24) is 9.80 Å². The Labute approximate surface area is 189 Å². The van der Waals surface area contributed by atoms with Gasteiger partial charge < -0.3 is 19.9 Å². The number of nitrogens with zero attached hydrogens (tertiary/aromatic N) is 2. The van der Waals surface area contributed by atoms with Crippen LogP contribution in [0.4, 0.5) is 5.69 Å². The van der Waals surface area contributed by atoms with Gasteiger partial charge in [0.2, 0.25) is 17.7 Å². The van der Waals surface area contributed by atoms with E-state index in [1.807, 2.05) is 9.80 Å². The summed E-state index contributed by atoms with van der Waals surface area (Å²) < 4.78 is 5.27. The van der Waals surface area contributed by atoms with E-state index in [-0.39, 0.29) is 17.7 Å². The molecule has 0 spiro atoms. The SMILES string of the molecule is COc1ccc(Cl)cc1NC(=O)CCC1CCCN(C(=O)CCCN2CCCC2=O)C1. The smallest absolute Gasteiger partial charge is 0.224 e. The van der Waals surface area contributed by atoms with Crippen molar-refractivity contribution >= 4 is 35.0 Å². The van der Waals surface area contributed by atoms with E-state index in [9.17, 15) is 14.4 Å². The Kier molecular flexibility index (Phi) is 8.58. The first kappa shape index (κ1) is 23.4. The number of ether oxygens (including phenoxy) is 1. The highest BCUT2D eigenvalue weighted by Gasteiger charge is 2.25. The van der Waals surface area contributed by atoms with Gasteiger partial charge in [-0.1, -0.05) is 11.6 Å². The molecule has 2 saturated heterocycles. The Bertz CT molecular complexity index is 801. The molecular formula is C23H32ClN3O4. The monoisotopic (exact) mass is 449 g/mol. The third-order valence-electron chi connectivity index (χ3n) is 6.08. The highest BCUT2D eigenvalue weighted by Crippen LogP contribution is 2.28. The van der Waals surface area contributed by atoms with Gasteiger partial charge in [-0.15, -0.1) is 0 Å². The van der Waals surface area contributed by atoms with Crippen LogP contribution in [0.3, 0.4) is 0 Å². The number of nitrogens with one attached hydrogen (secondary N) is 1. The van der Waals surface area contributed by atoms with Gasteiger partial charge in [0.25, 0.3) is 0 Å². The van der Waals surface area contributed by atoms with E-state index in [0.717, 1.165) is 45.2 Å². The molecule has 1 atom stereocenters. The van der Waals surface area contributed by atoms with Gasteiger partial charge in [0.1, 0.15) is 5.75 Å². The van der Waals surface area contributed by atoms with Gasteiger partial charge in [0.05, 0.1) is 12.8 Å². The largest absolute Gasteiger partial charge is 0.495 e. The minimum atomic E-state index is -0.0840.